The first-order valence-electron chi connectivity index (χ1n) is 7.51. The molecule has 6 heteroatoms. The lowest BCUT2D eigenvalue weighted by Crippen LogP contribution is -2.02. The van der Waals surface area contributed by atoms with Gasteiger partial charge in [0.1, 0.15) is 5.75 Å². The van der Waals surface area contributed by atoms with Crippen LogP contribution < -0.4 is 10.1 Å². The van der Waals surface area contributed by atoms with Gasteiger partial charge in [0.15, 0.2) is 0 Å². The number of carbonyl (C=O) groups is 1. The van der Waals surface area contributed by atoms with Gasteiger partial charge in [-0.25, -0.2) is 4.79 Å². The van der Waals surface area contributed by atoms with Crippen molar-refractivity contribution < 1.29 is 14.3 Å². The number of anilines is 2. The van der Waals surface area contributed by atoms with Crippen molar-refractivity contribution in [1.82, 2.24) is 4.98 Å². The average Bonchev–Trinajstić information content (AvgIpc) is 2.60. The lowest BCUT2D eigenvalue weighted by Gasteiger charge is -2.12. The molecule has 0 amide bonds. The van der Waals surface area contributed by atoms with E-state index in [1.807, 2.05) is 43.3 Å². The quantitative estimate of drug-likeness (QED) is 0.695. The molecule has 0 spiro atoms. The van der Waals surface area contributed by atoms with Crippen LogP contribution in [0.25, 0.3) is 10.9 Å². The second-order valence-corrected chi connectivity index (χ2v) is 5.39. The predicted molar refractivity (Wildman–Crippen MR) is 101 cm³/mol. The molecule has 0 saturated carbocycles. The number of carbonyl (C=O) groups excluding carboxylic acids is 1. The number of pyridine rings is 1. The van der Waals surface area contributed by atoms with Crippen LogP contribution in [0.4, 0.5) is 11.4 Å². The van der Waals surface area contributed by atoms with E-state index in [-0.39, 0.29) is 18.4 Å². The van der Waals surface area contributed by atoms with Crippen LogP contribution in [0.15, 0.2) is 48.5 Å². The maximum absolute atomic E-state index is 11.8. The van der Waals surface area contributed by atoms with E-state index in [0.29, 0.717) is 5.56 Å². The number of fused-ring (bicyclic) bond motifs is 1. The molecule has 0 aliphatic heterocycles. The molecule has 1 aromatic heterocycles. The Morgan fingerprint density at radius 1 is 1.08 bits per heavy atom. The van der Waals surface area contributed by atoms with Gasteiger partial charge in [-0.2, -0.15) is 0 Å². The highest BCUT2D eigenvalue weighted by atomic mass is 35.5. The normalized spacial score (nSPS) is 10.0. The number of aryl methyl sites for hydroxylation is 1. The first-order chi connectivity index (χ1) is 11.6. The number of halogens is 1. The van der Waals surface area contributed by atoms with E-state index in [1.54, 1.807) is 19.2 Å². The fourth-order valence-electron chi connectivity index (χ4n) is 2.56. The smallest absolute Gasteiger partial charge is 0.337 e. The summed E-state index contributed by atoms with van der Waals surface area (Å²) in [4.78, 5) is 16.3. The Kier molecular flexibility index (Phi) is 5.83. The van der Waals surface area contributed by atoms with Crippen molar-refractivity contribution in [3.8, 4) is 5.75 Å². The van der Waals surface area contributed by atoms with Crippen molar-refractivity contribution >= 4 is 40.7 Å². The molecule has 2 aromatic carbocycles. The number of esters is 1. The SMILES string of the molecule is COC(=O)c1ccc2nc(C)cc(Nc3cccc(OC)c3)c2c1.Cl. The molecule has 130 valence electrons. The highest BCUT2D eigenvalue weighted by Gasteiger charge is 2.10. The summed E-state index contributed by atoms with van der Waals surface area (Å²) < 4.78 is 10.1. The van der Waals surface area contributed by atoms with Gasteiger partial charge in [-0.05, 0) is 43.3 Å². The van der Waals surface area contributed by atoms with Crippen LogP contribution in [-0.2, 0) is 4.74 Å². The summed E-state index contributed by atoms with van der Waals surface area (Å²) in [7, 11) is 3.00. The highest BCUT2D eigenvalue weighted by Crippen LogP contribution is 2.29. The molecule has 0 aliphatic carbocycles. The standard InChI is InChI=1S/C19H18N2O3.ClH/c1-12-9-18(21-14-5-4-6-15(11-14)23-2)16-10-13(19(22)24-3)7-8-17(16)20-12;/h4-11H,1-3H3,(H,20,21);1H. The summed E-state index contributed by atoms with van der Waals surface area (Å²) in [5, 5.41) is 4.23. The first kappa shape index (κ1) is 18.5. The third-order valence-electron chi connectivity index (χ3n) is 3.71. The highest BCUT2D eigenvalue weighted by molar-refractivity contribution is 5.99. The van der Waals surface area contributed by atoms with Gasteiger partial charge >= 0.3 is 5.97 Å². The molecule has 0 bridgehead atoms. The molecule has 0 aliphatic rings. The summed E-state index contributed by atoms with van der Waals surface area (Å²) in [6, 6.07) is 14.9. The number of ether oxygens (including phenoxy) is 2. The first-order valence-corrected chi connectivity index (χ1v) is 7.51. The summed E-state index contributed by atoms with van der Waals surface area (Å²) in [5.74, 6) is 0.398. The number of hydrogen-bond acceptors (Lipinski definition) is 5. The molecule has 0 unspecified atom stereocenters. The van der Waals surface area contributed by atoms with Gasteiger partial charge in [0, 0.05) is 28.5 Å². The lowest BCUT2D eigenvalue weighted by atomic mass is 10.1. The third-order valence-corrected chi connectivity index (χ3v) is 3.71. The van der Waals surface area contributed by atoms with Crippen molar-refractivity contribution in [1.29, 1.82) is 0 Å². The van der Waals surface area contributed by atoms with E-state index in [0.717, 1.165) is 33.7 Å². The molecule has 3 rings (SSSR count). The van der Waals surface area contributed by atoms with Gasteiger partial charge in [-0.3, -0.25) is 4.98 Å². The average molecular weight is 359 g/mol. The number of nitrogens with zero attached hydrogens (tertiary/aromatic N) is 1. The molecule has 1 N–H and O–H groups in total. The number of methoxy groups -OCH3 is 2. The van der Waals surface area contributed by atoms with Crippen molar-refractivity contribution in [3.05, 3.63) is 59.8 Å². The minimum absolute atomic E-state index is 0. The lowest BCUT2D eigenvalue weighted by molar-refractivity contribution is 0.0601. The zero-order chi connectivity index (χ0) is 17.1. The zero-order valence-corrected chi connectivity index (χ0v) is 15.0. The second kappa shape index (κ2) is 7.85. The summed E-state index contributed by atoms with van der Waals surface area (Å²) >= 11 is 0. The van der Waals surface area contributed by atoms with Gasteiger partial charge in [0.25, 0.3) is 0 Å². The maximum Gasteiger partial charge on any atom is 0.337 e. The molecule has 0 fully saturated rings. The van der Waals surface area contributed by atoms with Crippen molar-refractivity contribution in [2.45, 2.75) is 6.92 Å². The van der Waals surface area contributed by atoms with Crippen LogP contribution in [0, 0.1) is 6.92 Å². The van der Waals surface area contributed by atoms with Crippen LogP contribution in [0.3, 0.4) is 0 Å². The Morgan fingerprint density at radius 2 is 1.88 bits per heavy atom. The molecule has 3 aromatic rings. The summed E-state index contributed by atoms with van der Waals surface area (Å²) in [5.41, 5.74) is 3.96. The molecule has 0 saturated heterocycles. The topological polar surface area (TPSA) is 60.5 Å². The second-order valence-electron chi connectivity index (χ2n) is 5.39. The van der Waals surface area contributed by atoms with Crippen LogP contribution >= 0.6 is 12.4 Å². The monoisotopic (exact) mass is 358 g/mol. The van der Waals surface area contributed by atoms with E-state index < -0.39 is 0 Å². The fourth-order valence-corrected chi connectivity index (χ4v) is 2.56. The van der Waals surface area contributed by atoms with Crippen molar-refractivity contribution in [2.75, 3.05) is 19.5 Å². The summed E-state index contributed by atoms with van der Waals surface area (Å²) in [6.45, 7) is 1.93. The van der Waals surface area contributed by atoms with Gasteiger partial charge in [-0.1, -0.05) is 6.07 Å². The Labute approximate surface area is 152 Å². The Morgan fingerprint density at radius 3 is 2.60 bits per heavy atom. The van der Waals surface area contributed by atoms with E-state index >= 15 is 0 Å². The van der Waals surface area contributed by atoms with Crippen molar-refractivity contribution in [2.24, 2.45) is 0 Å². The van der Waals surface area contributed by atoms with E-state index in [1.165, 1.54) is 7.11 Å². The number of aromatic nitrogens is 1. The molecule has 5 nitrogen and oxygen atoms in total. The van der Waals surface area contributed by atoms with Crippen LogP contribution in [0.2, 0.25) is 0 Å². The van der Waals surface area contributed by atoms with Crippen LogP contribution in [-0.4, -0.2) is 25.2 Å². The molecule has 0 atom stereocenters. The number of benzene rings is 2. The predicted octanol–water partition coefficient (Wildman–Crippen LogP) is 4.50. The molecule has 25 heavy (non-hydrogen) atoms. The van der Waals surface area contributed by atoms with Crippen molar-refractivity contribution in [3.63, 3.8) is 0 Å². The van der Waals surface area contributed by atoms with Gasteiger partial charge in [-0.15, -0.1) is 12.4 Å². The molecular formula is C19H19ClN2O3. The number of hydrogen-bond donors (Lipinski definition) is 1. The molecule has 1 heterocycles. The number of nitrogens with one attached hydrogen (secondary N) is 1. The maximum atomic E-state index is 11.8. The fraction of sp³-hybridized carbons (Fsp3) is 0.158. The Balaban J connectivity index is 0.00000225. The van der Waals surface area contributed by atoms with E-state index in [4.69, 9.17) is 9.47 Å². The third kappa shape index (κ3) is 4.00. The Bertz CT molecular complexity index is 912. The minimum atomic E-state index is -0.371. The van der Waals surface area contributed by atoms with E-state index in [2.05, 4.69) is 10.3 Å². The zero-order valence-electron chi connectivity index (χ0n) is 14.2. The molecular weight excluding hydrogens is 340 g/mol. The van der Waals surface area contributed by atoms with Gasteiger partial charge < -0.3 is 14.8 Å². The summed E-state index contributed by atoms with van der Waals surface area (Å²) in [6.07, 6.45) is 0. The van der Waals surface area contributed by atoms with E-state index in [9.17, 15) is 4.79 Å². The van der Waals surface area contributed by atoms with Crippen LogP contribution in [0.5, 0.6) is 5.75 Å². The largest absolute Gasteiger partial charge is 0.497 e. The number of rotatable bonds is 4. The van der Waals surface area contributed by atoms with Crippen LogP contribution in [0.1, 0.15) is 16.1 Å². The van der Waals surface area contributed by atoms with Gasteiger partial charge in [0.05, 0.1) is 25.3 Å². The Hall–Kier alpha value is -2.79. The molecule has 0 radical (unpaired) electrons. The minimum Gasteiger partial charge on any atom is -0.497 e. The van der Waals surface area contributed by atoms with Gasteiger partial charge in [0.2, 0.25) is 0 Å².